The van der Waals surface area contributed by atoms with Crippen LogP contribution >= 0.6 is 0 Å². The van der Waals surface area contributed by atoms with Crippen LogP contribution in [0, 0.1) is 0 Å². The Hall–Kier alpha value is -3.95. The van der Waals surface area contributed by atoms with Gasteiger partial charge in [-0.1, -0.05) is 18.2 Å². The summed E-state index contributed by atoms with van der Waals surface area (Å²) in [4.78, 5) is 59.9. The van der Waals surface area contributed by atoms with Gasteiger partial charge in [0.1, 0.15) is 24.4 Å². The van der Waals surface area contributed by atoms with Gasteiger partial charge in [0.15, 0.2) is 0 Å². The van der Waals surface area contributed by atoms with Crippen LogP contribution in [0.1, 0.15) is 41.7 Å². The lowest BCUT2D eigenvalue weighted by Crippen LogP contribution is -2.49. The summed E-state index contributed by atoms with van der Waals surface area (Å²) < 4.78 is 5.85. The van der Waals surface area contributed by atoms with Gasteiger partial charge in [0, 0.05) is 44.9 Å². The van der Waals surface area contributed by atoms with Crippen molar-refractivity contribution in [3.05, 3.63) is 59.9 Å². The number of benzene rings is 1. The number of carbonyl (C=O) groups excluding carboxylic acids is 4. The largest absolute Gasteiger partial charge is 0.491 e. The molecule has 1 aromatic heterocycles. The molecule has 4 rings (SSSR count). The first-order valence-electron chi connectivity index (χ1n) is 12.7. The molecule has 0 aliphatic carbocycles. The summed E-state index contributed by atoms with van der Waals surface area (Å²) in [6, 6.07) is 10.9. The lowest BCUT2D eigenvalue weighted by atomic mass is 10.1. The summed E-state index contributed by atoms with van der Waals surface area (Å²) in [7, 11) is 1.69. The molecule has 4 amide bonds. The molecule has 0 unspecified atom stereocenters. The minimum Gasteiger partial charge on any atom is -0.491 e. The SMILES string of the molecule is CN1CCOc2ccccc2C(=O)N[C@H](C(=O)NCCc2ccccn2)CCC(=O)N2CCC[C@@H]2C1=O. The topological polar surface area (TPSA) is 121 Å². The minimum absolute atomic E-state index is 0.0320. The number of hydrogen-bond acceptors (Lipinski definition) is 6. The Morgan fingerprint density at radius 1 is 1.11 bits per heavy atom. The van der Waals surface area contributed by atoms with E-state index in [1.807, 2.05) is 18.2 Å². The molecular weight excluding hydrogens is 474 g/mol. The van der Waals surface area contributed by atoms with Crippen molar-refractivity contribution in [2.24, 2.45) is 0 Å². The van der Waals surface area contributed by atoms with E-state index >= 15 is 0 Å². The first-order valence-corrected chi connectivity index (χ1v) is 12.7. The zero-order valence-electron chi connectivity index (χ0n) is 21.0. The van der Waals surface area contributed by atoms with Gasteiger partial charge in [-0.3, -0.25) is 24.2 Å². The highest BCUT2D eigenvalue weighted by Gasteiger charge is 2.36. The molecule has 2 aromatic rings. The van der Waals surface area contributed by atoms with Gasteiger partial charge in [0.05, 0.1) is 12.1 Å². The second-order valence-corrected chi connectivity index (χ2v) is 9.28. The first-order chi connectivity index (χ1) is 17.9. The number of amides is 4. The zero-order chi connectivity index (χ0) is 26.2. The number of pyridine rings is 1. The number of hydrogen-bond donors (Lipinski definition) is 2. The second kappa shape index (κ2) is 12.3. The van der Waals surface area contributed by atoms with E-state index in [0.29, 0.717) is 38.2 Å². The highest BCUT2D eigenvalue weighted by atomic mass is 16.5. The Balaban J connectivity index is 1.52. The number of rotatable bonds is 4. The molecule has 2 atom stereocenters. The molecule has 3 heterocycles. The lowest BCUT2D eigenvalue weighted by Gasteiger charge is -2.28. The maximum atomic E-state index is 13.2. The maximum absolute atomic E-state index is 13.2. The van der Waals surface area contributed by atoms with Crippen LogP contribution in [0.4, 0.5) is 0 Å². The third-order valence-corrected chi connectivity index (χ3v) is 6.73. The molecule has 0 radical (unpaired) electrons. The van der Waals surface area contributed by atoms with Crippen LogP contribution in [-0.2, 0) is 20.8 Å². The van der Waals surface area contributed by atoms with Crippen LogP contribution in [-0.4, -0.2) is 83.8 Å². The zero-order valence-corrected chi connectivity index (χ0v) is 21.0. The number of likely N-dealkylation sites (N-methyl/N-ethyl adjacent to an activating group) is 1. The van der Waals surface area contributed by atoms with Gasteiger partial charge in [0.25, 0.3) is 5.91 Å². The Morgan fingerprint density at radius 2 is 1.92 bits per heavy atom. The quantitative estimate of drug-likeness (QED) is 0.641. The van der Waals surface area contributed by atoms with Crippen molar-refractivity contribution in [2.75, 3.05) is 33.3 Å². The molecule has 10 heteroatoms. The van der Waals surface area contributed by atoms with Gasteiger partial charge in [-0.25, -0.2) is 0 Å². The number of fused-ring (bicyclic) bond motifs is 2. The van der Waals surface area contributed by atoms with Crippen LogP contribution in [0.3, 0.4) is 0 Å². The second-order valence-electron chi connectivity index (χ2n) is 9.28. The van der Waals surface area contributed by atoms with Crippen molar-refractivity contribution in [3.63, 3.8) is 0 Å². The normalized spacial score (nSPS) is 21.2. The number of ether oxygens (including phenoxy) is 1. The average molecular weight is 508 g/mol. The van der Waals surface area contributed by atoms with Crippen molar-refractivity contribution in [1.82, 2.24) is 25.4 Å². The van der Waals surface area contributed by atoms with Gasteiger partial charge in [-0.15, -0.1) is 0 Å². The van der Waals surface area contributed by atoms with Crippen LogP contribution in [0.5, 0.6) is 5.75 Å². The highest BCUT2D eigenvalue weighted by Crippen LogP contribution is 2.22. The molecule has 0 spiro atoms. The Labute approximate surface area is 216 Å². The molecule has 1 aromatic carbocycles. The monoisotopic (exact) mass is 507 g/mol. The number of para-hydroxylation sites is 1. The van der Waals surface area contributed by atoms with Crippen molar-refractivity contribution < 1.29 is 23.9 Å². The molecular formula is C27H33N5O5. The molecule has 10 nitrogen and oxygen atoms in total. The summed E-state index contributed by atoms with van der Waals surface area (Å²) in [6.07, 6.45) is 3.71. The van der Waals surface area contributed by atoms with E-state index in [2.05, 4.69) is 15.6 Å². The van der Waals surface area contributed by atoms with E-state index in [0.717, 1.165) is 12.1 Å². The van der Waals surface area contributed by atoms with Crippen LogP contribution in [0.25, 0.3) is 0 Å². The number of nitrogens with zero attached hydrogens (tertiary/aromatic N) is 3. The van der Waals surface area contributed by atoms with Gasteiger partial charge in [-0.2, -0.15) is 0 Å². The summed E-state index contributed by atoms with van der Waals surface area (Å²) in [5.41, 5.74) is 1.12. The number of nitrogens with one attached hydrogen (secondary N) is 2. The fraction of sp³-hybridized carbons (Fsp3) is 0.444. The van der Waals surface area contributed by atoms with Crippen molar-refractivity contribution in [1.29, 1.82) is 0 Å². The Morgan fingerprint density at radius 3 is 2.73 bits per heavy atom. The third-order valence-electron chi connectivity index (χ3n) is 6.73. The average Bonchev–Trinajstić information content (AvgIpc) is 3.40. The molecule has 196 valence electrons. The van der Waals surface area contributed by atoms with Gasteiger partial charge in [-0.05, 0) is 43.5 Å². The predicted octanol–water partition coefficient (Wildman–Crippen LogP) is 1.16. The minimum atomic E-state index is -0.933. The molecule has 1 fully saturated rings. The van der Waals surface area contributed by atoms with E-state index in [1.54, 1.807) is 47.3 Å². The molecule has 0 bridgehead atoms. The van der Waals surface area contributed by atoms with Crippen molar-refractivity contribution in [3.8, 4) is 5.75 Å². The van der Waals surface area contributed by atoms with Crippen LogP contribution in [0.2, 0.25) is 0 Å². The van der Waals surface area contributed by atoms with Gasteiger partial charge in [0.2, 0.25) is 17.7 Å². The first kappa shape index (κ1) is 26.1. The van der Waals surface area contributed by atoms with Gasteiger partial charge >= 0.3 is 0 Å². The van der Waals surface area contributed by atoms with Crippen LogP contribution in [0.15, 0.2) is 48.7 Å². The summed E-state index contributed by atoms with van der Waals surface area (Å²) in [5, 5.41) is 5.65. The molecule has 2 aliphatic rings. The number of aromatic nitrogens is 1. The van der Waals surface area contributed by atoms with Crippen molar-refractivity contribution in [2.45, 2.75) is 44.2 Å². The van der Waals surface area contributed by atoms with Crippen molar-refractivity contribution >= 4 is 23.6 Å². The molecule has 1 saturated heterocycles. The van der Waals surface area contributed by atoms with E-state index in [9.17, 15) is 19.2 Å². The fourth-order valence-corrected chi connectivity index (χ4v) is 4.66. The van der Waals surface area contributed by atoms with E-state index in [4.69, 9.17) is 4.74 Å². The molecule has 0 saturated carbocycles. The number of carbonyl (C=O) groups is 4. The lowest BCUT2D eigenvalue weighted by molar-refractivity contribution is -0.143. The smallest absolute Gasteiger partial charge is 0.255 e. The highest BCUT2D eigenvalue weighted by molar-refractivity contribution is 5.99. The van der Waals surface area contributed by atoms with Gasteiger partial charge < -0.3 is 25.2 Å². The Bertz CT molecular complexity index is 1130. The summed E-state index contributed by atoms with van der Waals surface area (Å²) in [6.45, 7) is 1.34. The fourth-order valence-electron chi connectivity index (χ4n) is 4.66. The van der Waals surface area contributed by atoms with E-state index in [1.165, 1.54) is 0 Å². The Kier molecular flexibility index (Phi) is 8.71. The summed E-state index contributed by atoms with van der Waals surface area (Å²) >= 11 is 0. The molecule has 37 heavy (non-hydrogen) atoms. The maximum Gasteiger partial charge on any atom is 0.255 e. The third kappa shape index (κ3) is 6.63. The molecule has 2 aliphatic heterocycles. The van der Waals surface area contributed by atoms with E-state index < -0.39 is 18.0 Å². The van der Waals surface area contributed by atoms with Crippen LogP contribution < -0.4 is 15.4 Å². The standard InChI is InChI=1S/C27H33N5O5/c1-31-17-18-37-23-10-3-2-8-20(23)25(34)30-21(26(35)29-15-13-19-7-4-5-14-28-19)11-12-24(33)32-16-6-9-22(32)27(31)36/h2-5,7-8,10,14,21-22H,6,9,11-13,15-18H2,1H3,(H,29,35)(H,30,34)/t21-,22+/m0/s1. The predicted molar refractivity (Wildman–Crippen MR) is 136 cm³/mol. The molecule has 2 N–H and O–H groups in total. The van der Waals surface area contributed by atoms with E-state index in [-0.39, 0.29) is 42.7 Å². The summed E-state index contributed by atoms with van der Waals surface area (Å²) in [5.74, 6) is -0.810.